The normalized spacial score (nSPS) is 19.5. The van der Waals surface area contributed by atoms with Crippen molar-refractivity contribution in [3.8, 4) is 0 Å². The van der Waals surface area contributed by atoms with Crippen LogP contribution < -0.4 is 21.7 Å². The van der Waals surface area contributed by atoms with Crippen LogP contribution in [0.2, 0.25) is 0 Å². The Kier molecular flexibility index (Phi) is 11.8. The fraction of sp³-hybridized carbons (Fsp3) is 0.414. The van der Waals surface area contributed by atoms with Crippen molar-refractivity contribution in [1.82, 2.24) is 45.5 Å². The molecule has 53 heavy (non-hydrogen) atoms. The van der Waals surface area contributed by atoms with Crippen LogP contribution >= 0.6 is 23.5 Å². The van der Waals surface area contributed by atoms with Crippen molar-refractivity contribution in [3.63, 3.8) is 0 Å². The van der Waals surface area contributed by atoms with Gasteiger partial charge in [0.15, 0.2) is 0 Å². The number of hydrogen-bond donors (Lipinski definition) is 6. The maximum atomic E-state index is 14.2. The van der Waals surface area contributed by atoms with Gasteiger partial charge < -0.3 is 36.2 Å². The first-order valence-electron chi connectivity index (χ1n) is 15.7. The van der Waals surface area contributed by atoms with Crippen molar-refractivity contribution in [2.45, 2.75) is 41.3 Å². The van der Waals surface area contributed by atoms with Gasteiger partial charge in [-0.3, -0.25) is 39.1 Å². The molecule has 2 saturated heterocycles. The summed E-state index contributed by atoms with van der Waals surface area (Å²) in [6.45, 7) is 1.14. The number of imide groups is 1. The minimum atomic E-state index is -1.61. The summed E-state index contributed by atoms with van der Waals surface area (Å²) in [5.74, 6) is -6.22. The second-order valence-corrected chi connectivity index (χ2v) is 13.7. The fourth-order valence-electron chi connectivity index (χ4n) is 5.35. The summed E-state index contributed by atoms with van der Waals surface area (Å²) in [7, 11) is 1.57. The smallest absolute Gasteiger partial charge is 0.411 e. The number of aliphatic carboxylic acids is 2. The topological polar surface area (TPSA) is 302 Å². The van der Waals surface area contributed by atoms with Crippen LogP contribution in [0.4, 0.5) is 15.3 Å². The zero-order valence-electron chi connectivity index (χ0n) is 28.0. The third kappa shape index (κ3) is 8.49. The van der Waals surface area contributed by atoms with Crippen molar-refractivity contribution in [1.29, 1.82) is 0 Å². The van der Waals surface area contributed by atoms with E-state index in [9.17, 15) is 43.5 Å². The van der Waals surface area contributed by atoms with E-state index in [-0.39, 0.29) is 54.3 Å². The Balaban J connectivity index is 1.44. The van der Waals surface area contributed by atoms with Crippen LogP contribution in [0.25, 0.3) is 0 Å². The van der Waals surface area contributed by atoms with E-state index in [2.05, 4.69) is 31.5 Å². The van der Waals surface area contributed by atoms with Crippen LogP contribution in [0, 0.1) is 0 Å². The lowest BCUT2D eigenvalue weighted by atomic mass is 10.0. The second-order valence-electron chi connectivity index (χ2n) is 11.5. The molecule has 1 aromatic carbocycles. The number of nitrogens with one attached hydrogen (secondary N) is 3. The van der Waals surface area contributed by atoms with Gasteiger partial charge in [0.1, 0.15) is 29.8 Å². The zero-order valence-corrected chi connectivity index (χ0v) is 29.6. The molecular weight excluding hydrogens is 743 g/mol. The summed E-state index contributed by atoms with van der Waals surface area (Å²) in [5.41, 5.74) is 5.29. The average Bonchev–Trinajstić information content (AvgIpc) is 3.53. The number of tetrazole rings is 1. The fourth-order valence-corrected chi connectivity index (χ4v) is 7.80. The lowest BCUT2D eigenvalue weighted by Crippen LogP contribution is -2.60. The molecule has 2 fully saturated rings. The molecule has 2 unspecified atom stereocenters. The molecule has 3 aliphatic rings. The number of ether oxygens (including phenoxy) is 1. The van der Waals surface area contributed by atoms with Crippen LogP contribution in [0.15, 0.2) is 40.7 Å². The number of carboxylic acids is 2. The molecule has 2 aromatic rings. The number of aryl methyl sites for hydroxylation is 1. The number of nitrogens with zero attached hydrogens (tertiary/aromatic N) is 7. The lowest BCUT2D eigenvalue weighted by Gasteiger charge is -2.46. The van der Waals surface area contributed by atoms with Crippen molar-refractivity contribution in [2.75, 3.05) is 37.3 Å². The molecule has 0 radical (unpaired) electrons. The number of carbonyl (C=O) groups excluding carboxylic acids is 6. The summed E-state index contributed by atoms with van der Waals surface area (Å²) in [4.78, 5) is 105. The third-order valence-corrected chi connectivity index (χ3v) is 10.5. The molecule has 7 amide bonds. The minimum absolute atomic E-state index is 0.00265. The van der Waals surface area contributed by atoms with Crippen molar-refractivity contribution in [3.05, 3.63) is 41.1 Å². The van der Waals surface area contributed by atoms with Crippen LogP contribution in [0.5, 0.6) is 0 Å². The number of β-lactam (4-membered cyclic amide) rings is 1. The van der Waals surface area contributed by atoms with Crippen molar-refractivity contribution in [2.24, 2.45) is 12.8 Å². The Bertz CT molecular complexity index is 1890. The predicted molar refractivity (Wildman–Crippen MR) is 181 cm³/mol. The summed E-state index contributed by atoms with van der Waals surface area (Å²) in [6, 6.07) is 1.35. The maximum absolute atomic E-state index is 14.2. The molecular formula is C29H33N11O11S2. The summed E-state index contributed by atoms with van der Waals surface area (Å²) < 4.78 is 6.20. The van der Waals surface area contributed by atoms with E-state index >= 15 is 0 Å². The minimum Gasteiger partial charge on any atom is -0.480 e. The van der Waals surface area contributed by atoms with E-state index in [4.69, 9.17) is 15.6 Å². The summed E-state index contributed by atoms with van der Waals surface area (Å²) in [5, 5.41) is 36.6. The highest BCUT2D eigenvalue weighted by atomic mass is 32.2. The number of carboxylic acid groups (broad SMARTS) is 2. The van der Waals surface area contributed by atoms with E-state index in [1.807, 2.05) is 0 Å². The van der Waals surface area contributed by atoms with Gasteiger partial charge in [0, 0.05) is 43.7 Å². The molecule has 1 aromatic heterocycles. The molecule has 3 aliphatic heterocycles. The first-order valence-corrected chi connectivity index (χ1v) is 17.7. The standard InChI is InChI=1S/C29H33N11O11S2/c1-3-38-7-8-39(24(44)23(38)43)27(49)32-19(13-5-4-6-14(9-13)31-29(50)51-11-16(30)25(45)46)21(42)33-22-15(12-52-28-34-35-36-37(28)2)20(26(47)48)40-17(41)10-18(40)53-22/h4-6,9,16,18-19,22H,3,7-8,10-12,30H2,1-2H3,(H,31,50)(H,32,49)(H,33,42)(H,45,46)(H,47,48)/t16-,18+,19?,22?/m1/s1. The van der Waals surface area contributed by atoms with Crippen molar-refractivity contribution >= 4 is 76.9 Å². The highest BCUT2D eigenvalue weighted by Gasteiger charge is 2.49. The number of aromatic nitrogens is 4. The first kappa shape index (κ1) is 38.5. The number of benzene rings is 1. The molecule has 22 nitrogen and oxygen atoms in total. The second kappa shape index (κ2) is 16.3. The third-order valence-electron chi connectivity index (χ3n) is 8.12. The summed E-state index contributed by atoms with van der Waals surface area (Å²) >= 11 is 2.15. The van der Waals surface area contributed by atoms with E-state index < -0.39 is 77.1 Å². The maximum Gasteiger partial charge on any atom is 0.411 e. The number of urea groups is 1. The van der Waals surface area contributed by atoms with Gasteiger partial charge in [0.2, 0.25) is 17.0 Å². The van der Waals surface area contributed by atoms with E-state index in [1.54, 1.807) is 14.0 Å². The Labute approximate surface area is 307 Å². The van der Waals surface area contributed by atoms with Crippen LogP contribution in [0.3, 0.4) is 0 Å². The van der Waals surface area contributed by atoms with E-state index in [0.29, 0.717) is 10.1 Å². The number of amides is 7. The number of piperazine rings is 1. The Hall–Kier alpha value is -5.75. The molecule has 0 bridgehead atoms. The molecule has 4 atom stereocenters. The van der Waals surface area contributed by atoms with Gasteiger partial charge in [-0.25, -0.2) is 19.1 Å². The number of nitrogens with two attached hydrogens (primary N) is 1. The number of anilines is 1. The Morgan fingerprint density at radius 2 is 1.89 bits per heavy atom. The molecule has 4 heterocycles. The average molecular weight is 776 g/mol. The number of hydrogen-bond acceptors (Lipinski definition) is 15. The van der Waals surface area contributed by atoms with Crippen LogP contribution in [-0.4, -0.2) is 142 Å². The molecule has 0 spiro atoms. The van der Waals surface area contributed by atoms with Gasteiger partial charge in [0.05, 0.1) is 11.8 Å². The molecule has 282 valence electrons. The van der Waals surface area contributed by atoms with E-state index in [1.165, 1.54) is 33.8 Å². The monoisotopic (exact) mass is 775 g/mol. The quantitative estimate of drug-likeness (QED) is 0.0765. The molecule has 24 heteroatoms. The van der Waals surface area contributed by atoms with Gasteiger partial charge >= 0.3 is 35.9 Å². The molecule has 0 aliphatic carbocycles. The summed E-state index contributed by atoms with van der Waals surface area (Å²) in [6.07, 6.45) is -1.07. The number of rotatable bonds is 13. The largest absolute Gasteiger partial charge is 0.480 e. The van der Waals surface area contributed by atoms with Crippen LogP contribution in [-0.2, 0) is 40.6 Å². The van der Waals surface area contributed by atoms with E-state index in [0.717, 1.165) is 28.4 Å². The van der Waals surface area contributed by atoms with Gasteiger partial charge in [-0.15, -0.1) is 16.9 Å². The van der Waals surface area contributed by atoms with Crippen molar-refractivity contribution < 1.29 is 53.3 Å². The number of carbonyl (C=O) groups is 8. The number of fused-ring (bicyclic) bond motifs is 1. The molecule has 7 N–H and O–H groups in total. The highest BCUT2D eigenvalue weighted by Crippen LogP contribution is 2.44. The highest BCUT2D eigenvalue weighted by molar-refractivity contribution is 8.01. The van der Waals surface area contributed by atoms with Gasteiger partial charge in [0.25, 0.3) is 0 Å². The Morgan fingerprint density at radius 3 is 2.53 bits per heavy atom. The molecule has 5 rings (SSSR count). The zero-order chi connectivity index (χ0) is 38.6. The molecule has 0 saturated carbocycles. The van der Waals surface area contributed by atoms with Gasteiger partial charge in [-0.1, -0.05) is 23.9 Å². The van der Waals surface area contributed by atoms with Crippen LogP contribution in [0.1, 0.15) is 24.9 Å². The first-order chi connectivity index (χ1) is 25.2. The van der Waals surface area contributed by atoms with Gasteiger partial charge in [-0.05, 0) is 35.0 Å². The SMILES string of the molecule is CCN1CCN(C(=O)NC(C(=O)NC2S[C@H]3CC(=O)N3C(C(=O)O)=C2CSc2nnnn2C)c2cccc(NC(=O)OC[C@@H](N)C(=O)O)c2)C(=O)C1=O. The number of likely N-dealkylation sites (N-methyl/N-ethyl adjacent to an activating group) is 1. The number of thioether (sulfide) groups is 2. The lowest BCUT2D eigenvalue weighted by molar-refractivity contribution is -0.153. The van der Waals surface area contributed by atoms with Gasteiger partial charge in [-0.2, -0.15) is 0 Å². The predicted octanol–water partition coefficient (Wildman–Crippen LogP) is -1.51. The Morgan fingerprint density at radius 1 is 1.13 bits per heavy atom.